The maximum Gasteiger partial charge on any atom is 0.228 e. The molecule has 2 N–H and O–H groups in total. The van der Waals surface area contributed by atoms with E-state index < -0.39 is 0 Å². The Hall–Kier alpha value is -1.26. The number of carbonyl (C=O) groups excluding carboxylic acids is 1. The lowest BCUT2D eigenvalue weighted by Gasteiger charge is -2.25. The van der Waals surface area contributed by atoms with Crippen LogP contribution in [0.15, 0.2) is 24.3 Å². The minimum Gasteiger partial charge on any atom is -0.486 e. The van der Waals surface area contributed by atoms with Crippen LogP contribution in [0.5, 0.6) is 5.75 Å². The summed E-state index contributed by atoms with van der Waals surface area (Å²) >= 11 is 0. The molecule has 4 nitrogen and oxygen atoms in total. The summed E-state index contributed by atoms with van der Waals surface area (Å²) in [6, 6.07) is 7.60. The number of nitrogens with one attached hydrogen (secondary N) is 2. The Morgan fingerprint density at radius 1 is 1.33 bits per heavy atom. The lowest BCUT2D eigenvalue weighted by atomic mass is 9.99. The van der Waals surface area contributed by atoms with Crippen LogP contribution >= 0.6 is 12.4 Å². The molecular formula is C16H25ClN2O2. The van der Waals surface area contributed by atoms with Crippen molar-refractivity contribution in [3.05, 3.63) is 24.3 Å². The van der Waals surface area contributed by atoms with Gasteiger partial charge in [-0.1, -0.05) is 12.1 Å². The molecule has 5 heteroatoms. The third kappa shape index (κ3) is 5.56. The van der Waals surface area contributed by atoms with Crippen molar-refractivity contribution in [2.24, 2.45) is 5.92 Å². The van der Waals surface area contributed by atoms with Gasteiger partial charge in [-0.3, -0.25) is 4.79 Å². The summed E-state index contributed by atoms with van der Waals surface area (Å²) in [6.45, 7) is 7.76. The van der Waals surface area contributed by atoms with Crippen LogP contribution < -0.4 is 15.4 Å². The van der Waals surface area contributed by atoms with Gasteiger partial charge in [0.1, 0.15) is 11.4 Å². The third-order valence-electron chi connectivity index (χ3n) is 3.23. The molecular weight excluding hydrogens is 288 g/mol. The average molecular weight is 313 g/mol. The standard InChI is InChI=1S/C16H24N2O2.ClH/c1-16(2,3)20-14-9-5-4-8-13(14)18-15(19)12-7-6-10-17-11-12;/h4-5,8-9,12,17H,6-7,10-11H2,1-3H3,(H,18,19);1H. The summed E-state index contributed by atoms with van der Waals surface area (Å²) < 4.78 is 5.89. The van der Waals surface area contributed by atoms with E-state index in [9.17, 15) is 4.79 Å². The molecule has 0 saturated carbocycles. The van der Waals surface area contributed by atoms with E-state index in [4.69, 9.17) is 4.74 Å². The maximum atomic E-state index is 12.3. The van der Waals surface area contributed by atoms with Crippen LogP contribution in [-0.2, 0) is 4.79 Å². The fourth-order valence-corrected chi connectivity index (χ4v) is 2.30. The molecule has 1 atom stereocenters. The van der Waals surface area contributed by atoms with Gasteiger partial charge < -0.3 is 15.4 Å². The van der Waals surface area contributed by atoms with Gasteiger partial charge in [0.2, 0.25) is 5.91 Å². The number of carbonyl (C=O) groups is 1. The first kappa shape index (κ1) is 17.8. The Kier molecular flexibility index (Phi) is 6.49. The number of hydrogen-bond donors (Lipinski definition) is 2. The maximum absolute atomic E-state index is 12.3. The van der Waals surface area contributed by atoms with Crippen molar-refractivity contribution in [3.63, 3.8) is 0 Å². The van der Waals surface area contributed by atoms with Gasteiger partial charge in [0.05, 0.1) is 11.6 Å². The summed E-state index contributed by atoms with van der Waals surface area (Å²) in [5.41, 5.74) is 0.464. The highest BCUT2D eigenvalue weighted by molar-refractivity contribution is 5.94. The summed E-state index contributed by atoms with van der Waals surface area (Å²) in [5, 5.41) is 6.26. The summed E-state index contributed by atoms with van der Waals surface area (Å²) in [7, 11) is 0. The van der Waals surface area contributed by atoms with E-state index in [1.54, 1.807) is 0 Å². The van der Waals surface area contributed by atoms with E-state index in [-0.39, 0.29) is 29.8 Å². The first-order valence-corrected chi connectivity index (χ1v) is 7.25. The van der Waals surface area contributed by atoms with Gasteiger partial charge in [-0.15, -0.1) is 12.4 Å². The molecule has 1 amide bonds. The molecule has 1 aliphatic heterocycles. The zero-order chi connectivity index (χ0) is 14.6. The minimum atomic E-state index is -0.284. The van der Waals surface area contributed by atoms with E-state index in [0.717, 1.165) is 37.4 Å². The van der Waals surface area contributed by atoms with Crippen LogP contribution in [0.25, 0.3) is 0 Å². The highest BCUT2D eigenvalue weighted by Crippen LogP contribution is 2.28. The van der Waals surface area contributed by atoms with E-state index in [1.165, 1.54) is 0 Å². The fourth-order valence-electron chi connectivity index (χ4n) is 2.30. The predicted octanol–water partition coefficient (Wildman–Crippen LogP) is 3.22. The Morgan fingerprint density at radius 2 is 2.05 bits per heavy atom. The molecule has 1 aromatic carbocycles. The molecule has 1 unspecified atom stereocenters. The minimum absolute atomic E-state index is 0. The first-order valence-electron chi connectivity index (χ1n) is 7.25. The Labute approximate surface area is 133 Å². The molecule has 0 aromatic heterocycles. The van der Waals surface area contributed by atoms with Gasteiger partial charge in [0.15, 0.2) is 0 Å². The smallest absolute Gasteiger partial charge is 0.228 e. The van der Waals surface area contributed by atoms with E-state index in [1.807, 2.05) is 45.0 Å². The lowest BCUT2D eigenvalue weighted by molar-refractivity contribution is -0.120. The number of amides is 1. The predicted molar refractivity (Wildman–Crippen MR) is 88.3 cm³/mol. The van der Waals surface area contributed by atoms with Crippen LogP contribution in [0.2, 0.25) is 0 Å². The van der Waals surface area contributed by atoms with Crippen molar-refractivity contribution in [1.29, 1.82) is 0 Å². The molecule has 1 aliphatic rings. The van der Waals surface area contributed by atoms with Gasteiger partial charge in [-0.05, 0) is 52.3 Å². The zero-order valence-corrected chi connectivity index (χ0v) is 13.8. The van der Waals surface area contributed by atoms with E-state index >= 15 is 0 Å². The number of anilines is 1. The topological polar surface area (TPSA) is 50.4 Å². The van der Waals surface area contributed by atoms with Crippen LogP contribution in [0.4, 0.5) is 5.69 Å². The molecule has 21 heavy (non-hydrogen) atoms. The molecule has 2 rings (SSSR count). The lowest BCUT2D eigenvalue weighted by Crippen LogP contribution is -2.37. The molecule has 1 aromatic rings. The summed E-state index contributed by atoms with van der Waals surface area (Å²) in [4.78, 5) is 12.3. The normalized spacial score (nSPS) is 18.5. The molecule has 118 valence electrons. The molecule has 0 bridgehead atoms. The van der Waals surface area contributed by atoms with Crippen LogP contribution in [-0.4, -0.2) is 24.6 Å². The van der Waals surface area contributed by atoms with Gasteiger partial charge in [0, 0.05) is 6.54 Å². The van der Waals surface area contributed by atoms with Gasteiger partial charge in [-0.2, -0.15) is 0 Å². The van der Waals surface area contributed by atoms with Crippen molar-refractivity contribution in [2.45, 2.75) is 39.2 Å². The quantitative estimate of drug-likeness (QED) is 0.901. The summed E-state index contributed by atoms with van der Waals surface area (Å²) in [5.74, 6) is 0.839. The van der Waals surface area contributed by atoms with Gasteiger partial charge in [-0.25, -0.2) is 0 Å². The highest BCUT2D eigenvalue weighted by Gasteiger charge is 2.22. The first-order chi connectivity index (χ1) is 9.46. The van der Waals surface area contributed by atoms with Crippen molar-refractivity contribution in [1.82, 2.24) is 5.32 Å². The van der Waals surface area contributed by atoms with Gasteiger partial charge in [0.25, 0.3) is 0 Å². The molecule has 1 fully saturated rings. The number of halogens is 1. The van der Waals surface area contributed by atoms with Gasteiger partial charge >= 0.3 is 0 Å². The molecule has 0 spiro atoms. The second kappa shape index (κ2) is 7.66. The summed E-state index contributed by atoms with van der Waals surface area (Å²) in [6.07, 6.45) is 2.00. The molecule has 0 aliphatic carbocycles. The Bertz CT molecular complexity index is 466. The second-order valence-electron chi connectivity index (χ2n) is 6.24. The number of ether oxygens (including phenoxy) is 1. The monoisotopic (exact) mass is 312 g/mol. The van der Waals surface area contributed by atoms with Crippen LogP contribution in [0.3, 0.4) is 0 Å². The largest absolute Gasteiger partial charge is 0.486 e. The Balaban J connectivity index is 0.00000220. The molecule has 0 radical (unpaired) electrons. The average Bonchev–Trinajstić information content (AvgIpc) is 2.40. The van der Waals surface area contributed by atoms with Crippen LogP contribution in [0, 0.1) is 5.92 Å². The molecule has 1 heterocycles. The fraction of sp³-hybridized carbons (Fsp3) is 0.562. The number of para-hydroxylation sites is 2. The number of rotatable bonds is 3. The van der Waals surface area contributed by atoms with Crippen molar-refractivity contribution < 1.29 is 9.53 Å². The van der Waals surface area contributed by atoms with Crippen molar-refractivity contribution >= 4 is 24.0 Å². The Morgan fingerprint density at radius 3 is 2.67 bits per heavy atom. The van der Waals surface area contributed by atoms with Crippen molar-refractivity contribution in [2.75, 3.05) is 18.4 Å². The second-order valence-corrected chi connectivity index (χ2v) is 6.24. The third-order valence-corrected chi connectivity index (χ3v) is 3.23. The van der Waals surface area contributed by atoms with Crippen molar-refractivity contribution in [3.8, 4) is 5.75 Å². The van der Waals surface area contributed by atoms with Crippen LogP contribution in [0.1, 0.15) is 33.6 Å². The zero-order valence-electron chi connectivity index (χ0n) is 12.9. The highest BCUT2D eigenvalue weighted by atomic mass is 35.5. The SMILES string of the molecule is CC(C)(C)Oc1ccccc1NC(=O)C1CCCNC1.Cl. The number of benzene rings is 1. The number of piperidine rings is 1. The number of hydrogen-bond acceptors (Lipinski definition) is 3. The van der Waals surface area contributed by atoms with E-state index in [0.29, 0.717) is 0 Å². The van der Waals surface area contributed by atoms with E-state index in [2.05, 4.69) is 10.6 Å². The molecule has 1 saturated heterocycles.